The lowest BCUT2D eigenvalue weighted by molar-refractivity contribution is 0.249. The number of nitrogens with zero attached hydrogens (tertiary/aromatic N) is 3. The maximum atomic E-state index is 14.0. The molecule has 2 heterocycles. The summed E-state index contributed by atoms with van der Waals surface area (Å²) < 4.78 is 33.4. The predicted octanol–water partition coefficient (Wildman–Crippen LogP) is 5.02. The van der Waals surface area contributed by atoms with Gasteiger partial charge in [0.1, 0.15) is 10.6 Å². The number of methoxy groups -OCH3 is 1. The van der Waals surface area contributed by atoms with Crippen LogP contribution in [0.3, 0.4) is 0 Å². The van der Waals surface area contributed by atoms with Crippen molar-refractivity contribution in [1.82, 2.24) is 9.88 Å². The summed E-state index contributed by atoms with van der Waals surface area (Å²) in [5, 5.41) is 0.788. The molecule has 1 aliphatic heterocycles. The van der Waals surface area contributed by atoms with Crippen molar-refractivity contribution in [3.8, 4) is 5.75 Å². The van der Waals surface area contributed by atoms with E-state index in [-0.39, 0.29) is 4.90 Å². The van der Waals surface area contributed by atoms with Crippen molar-refractivity contribution in [2.45, 2.75) is 30.2 Å². The van der Waals surface area contributed by atoms with Crippen LogP contribution in [0, 0.1) is 13.8 Å². The zero-order valence-electron chi connectivity index (χ0n) is 20.9. The highest BCUT2D eigenvalue weighted by Gasteiger charge is 2.29. The maximum Gasteiger partial charge on any atom is 0.210 e. The number of ether oxygens (including phenoxy) is 1. The normalized spacial score (nSPS) is 14.8. The van der Waals surface area contributed by atoms with E-state index in [1.807, 2.05) is 44.2 Å². The van der Waals surface area contributed by atoms with Crippen LogP contribution in [-0.4, -0.2) is 51.6 Å². The monoisotopic (exact) mass is 501 g/mol. The summed E-state index contributed by atoms with van der Waals surface area (Å²) in [6.45, 7) is 7.92. The molecule has 0 aliphatic carbocycles. The Morgan fingerprint density at radius 2 is 1.64 bits per heavy atom. The van der Waals surface area contributed by atoms with Gasteiger partial charge in [-0.05, 0) is 60.9 Å². The largest absolute Gasteiger partial charge is 0.497 e. The molecule has 6 nitrogen and oxygen atoms in total. The molecule has 0 atom stereocenters. The highest BCUT2D eigenvalue weighted by molar-refractivity contribution is 7.91. The fourth-order valence-electron chi connectivity index (χ4n) is 4.77. The van der Waals surface area contributed by atoms with E-state index in [4.69, 9.17) is 4.74 Å². The number of anilines is 1. The Bertz CT molecular complexity index is 1500. The van der Waals surface area contributed by atoms with Crippen molar-refractivity contribution in [1.29, 1.82) is 0 Å². The fraction of sp³-hybridized carbons (Fsp3) is 0.276. The Hall–Kier alpha value is -3.42. The van der Waals surface area contributed by atoms with E-state index in [1.165, 1.54) is 11.8 Å². The lowest BCUT2D eigenvalue weighted by Crippen LogP contribution is -2.46. The molecule has 0 spiro atoms. The number of hydrogen-bond donors (Lipinski definition) is 0. The third-order valence-electron chi connectivity index (χ3n) is 7.03. The van der Waals surface area contributed by atoms with Crippen molar-refractivity contribution >= 4 is 26.4 Å². The molecule has 4 aromatic rings. The van der Waals surface area contributed by atoms with Gasteiger partial charge in [0.15, 0.2) is 0 Å². The average molecular weight is 502 g/mol. The molecule has 1 aliphatic rings. The number of aryl methyl sites for hydroxylation is 2. The topological polar surface area (TPSA) is 62.7 Å². The van der Waals surface area contributed by atoms with Gasteiger partial charge in [-0.3, -0.25) is 9.88 Å². The number of pyridine rings is 1. The molecule has 1 aromatic heterocycles. The van der Waals surface area contributed by atoms with Crippen LogP contribution in [0.2, 0.25) is 0 Å². The first-order chi connectivity index (χ1) is 17.4. The van der Waals surface area contributed by atoms with E-state index in [0.29, 0.717) is 16.3 Å². The van der Waals surface area contributed by atoms with Crippen LogP contribution in [-0.2, 0) is 16.4 Å². The van der Waals surface area contributed by atoms with Gasteiger partial charge >= 0.3 is 0 Å². The van der Waals surface area contributed by atoms with E-state index in [9.17, 15) is 8.42 Å². The summed E-state index contributed by atoms with van der Waals surface area (Å²) in [5.74, 6) is 0.675. The SMILES string of the molecule is COc1ccc2ncc(S(=O)(=O)c3ccc(C)c(C)c3)c(N3CCN(Cc4ccccc4)CC3)c2c1. The Labute approximate surface area is 213 Å². The number of benzene rings is 3. The number of hydrogen-bond acceptors (Lipinski definition) is 6. The van der Waals surface area contributed by atoms with Gasteiger partial charge in [0, 0.05) is 44.3 Å². The van der Waals surface area contributed by atoms with Crippen molar-refractivity contribution < 1.29 is 13.2 Å². The third kappa shape index (κ3) is 4.68. The Morgan fingerprint density at radius 1 is 0.889 bits per heavy atom. The first-order valence-electron chi connectivity index (χ1n) is 12.2. The minimum absolute atomic E-state index is 0.239. The molecule has 0 N–H and O–H groups in total. The third-order valence-corrected chi connectivity index (χ3v) is 8.78. The van der Waals surface area contributed by atoms with Crippen molar-refractivity contribution in [2.75, 3.05) is 38.2 Å². The molecule has 5 rings (SSSR count). The Morgan fingerprint density at radius 3 is 2.33 bits per heavy atom. The predicted molar refractivity (Wildman–Crippen MR) is 144 cm³/mol. The summed E-state index contributed by atoms with van der Waals surface area (Å²) in [4.78, 5) is 9.68. The molecular weight excluding hydrogens is 470 g/mol. The van der Waals surface area contributed by atoms with E-state index >= 15 is 0 Å². The maximum absolute atomic E-state index is 14.0. The van der Waals surface area contributed by atoms with Gasteiger partial charge in [0.05, 0.1) is 23.2 Å². The lowest BCUT2D eigenvalue weighted by atomic mass is 10.1. The number of aromatic nitrogens is 1. The molecular formula is C29H31N3O3S. The second-order valence-corrected chi connectivity index (χ2v) is 11.3. The molecule has 36 heavy (non-hydrogen) atoms. The first-order valence-corrected chi connectivity index (χ1v) is 13.7. The average Bonchev–Trinajstić information content (AvgIpc) is 2.90. The summed E-state index contributed by atoms with van der Waals surface area (Å²) in [5.41, 5.74) is 4.74. The van der Waals surface area contributed by atoms with E-state index < -0.39 is 9.84 Å². The number of sulfone groups is 1. The number of fused-ring (bicyclic) bond motifs is 1. The van der Waals surface area contributed by atoms with Crippen molar-refractivity contribution in [3.63, 3.8) is 0 Å². The van der Waals surface area contributed by atoms with Gasteiger partial charge in [-0.15, -0.1) is 0 Å². The molecule has 0 amide bonds. The van der Waals surface area contributed by atoms with Crippen LogP contribution in [0.5, 0.6) is 5.75 Å². The summed E-state index contributed by atoms with van der Waals surface area (Å²) in [6, 6.07) is 21.4. The van der Waals surface area contributed by atoms with Gasteiger partial charge in [-0.2, -0.15) is 0 Å². The van der Waals surface area contributed by atoms with Crippen LogP contribution < -0.4 is 9.64 Å². The highest BCUT2D eigenvalue weighted by Crippen LogP contribution is 2.38. The minimum atomic E-state index is -3.79. The van der Waals surface area contributed by atoms with Gasteiger partial charge < -0.3 is 9.64 Å². The van der Waals surface area contributed by atoms with Gasteiger partial charge in [0.2, 0.25) is 9.84 Å². The summed E-state index contributed by atoms with van der Waals surface area (Å²) >= 11 is 0. The first kappa shape index (κ1) is 24.3. The zero-order chi connectivity index (χ0) is 25.3. The molecule has 1 saturated heterocycles. The van der Waals surface area contributed by atoms with Crippen LogP contribution in [0.4, 0.5) is 5.69 Å². The number of rotatable bonds is 6. The summed E-state index contributed by atoms with van der Waals surface area (Å²) in [6.07, 6.45) is 1.52. The number of piperazine rings is 1. The Kier molecular flexibility index (Phi) is 6.69. The van der Waals surface area contributed by atoms with E-state index in [0.717, 1.165) is 54.8 Å². The quantitative estimate of drug-likeness (QED) is 0.370. The van der Waals surface area contributed by atoms with Crippen molar-refractivity contribution in [2.24, 2.45) is 0 Å². The molecule has 7 heteroatoms. The fourth-order valence-corrected chi connectivity index (χ4v) is 6.29. The molecule has 0 saturated carbocycles. The molecule has 1 fully saturated rings. The van der Waals surface area contributed by atoms with Gasteiger partial charge in [0.25, 0.3) is 0 Å². The molecule has 0 bridgehead atoms. The van der Waals surface area contributed by atoms with Crippen LogP contribution in [0.1, 0.15) is 16.7 Å². The molecule has 0 radical (unpaired) electrons. The molecule has 0 unspecified atom stereocenters. The smallest absolute Gasteiger partial charge is 0.210 e. The molecule has 3 aromatic carbocycles. The van der Waals surface area contributed by atoms with E-state index in [1.54, 1.807) is 19.2 Å². The van der Waals surface area contributed by atoms with Gasteiger partial charge in [-0.25, -0.2) is 8.42 Å². The Balaban J connectivity index is 1.56. The highest BCUT2D eigenvalue weighted by atomic mass is 32.2. The van der Waals surface area contributed by atoms with Crippen LogP contribution in [0.25, 0.3) is 10.9 Å². The second-order valence-electron chi connectivity index (χ2n) is 9.35. The molecule has 186 valence electrons. The van der Waals surface area contributed by atoms with Crippen LogP contribution in [0.15, 0.2) is 82.7 Å². The van der Waals surface area contributed by atoms with Gasteiger partial charge in [-0.1, -0.05) is 36.4 Å². The van der Waals surface area contributed by atoms with Crippen LogP contribution >= 0.6 is 0 Å². The minimum Gasteiger partial charge on any atom is -0.497 e. The summed E-state index contributed by atoms with van der Waals surface area (Å²) in [7, 11) is -2.17. The van der Waals surface area contributed by atoms with Crippen molar-refractivity contribution in [3.05, 3.63) is 89.6 Å². The zero-order valence-corrected chi connectivity index (χ0v) is 21.8. The van der Waals surface area contributed by atoms with E-state index in [2.05, 4.69) is 39.0 Å². The standard InChI is InChI=1S/C29H31N3O3S/c1-21-9-11-25(17-22(21)2)36(33,34)28-19-30-27-12-10-24(35-3)18-26(27)29(28)32-15-13-31(14-16-32)20-23-7-5-4-6-8-23/h4-12,17-19H,13-16,20H2,1-3H3. The lowest BCUT2D eigenvalue weighted by Gasteiger charge is -2.37. The second kappa shape index (κ2) is 9.91.